The first-order valence-electron chi connectivity index (χ1n) is 10.00. The number of benzene rings is 1. The second-order valence-electron chi connectivity index (χ2n) is 7.31. The van der Waals surface area contributed by atoms with E-state index < -0.39 is 0 Å². The Bertz CT molecular complexity index is 887. The molecule has 0 aliphatic carbocycles. The van der Waals surface area contributed by atoms with Gasteiger partial charge in [-0.3, -0.25) is 0 Å². The fourth-order valence-electron chi connectivity index (χ4n) is 4.00. The van der Waals surface area contributed by atoms with Gasteiger partial charge < -0.3 is 14.2 Å². The van der Waals surface area contributed by atoms with Crippen molar-refractivity contribution >= 4 is 0 Å². The van der Waals surface area contributed by atoms with E-state index in [-0.39, 0.29) is 0 Å². The van der Waals surface area contributed by atoms with E-state index in [1.165, 1.54) is 6.42 Å². The van der Waals surface area contributed by atoms with Crippen LogP contribution in [0.5, 0.6) is 0 Å². The molecule has 0 N–H and O–H groups in total. The van der Waals surface area contributed by atoms with Crippen molar-refractivity contribution in [1.82, 2.24) is 29.2 Å². The van der Waals surface area contributed by atoms with E-state index in [1.807, 2.05) is 29.2 Å². The van der Waals surface area contributed by atoms with Gasteiger partial charge in [0.2, 0.25) is 0 Å². The SMILES string of the molecule is CCn1ncnc1-c1c(-c2ccccc2)ncn1CC1CCN(CCOC)C1. The van der Waals surface area contributed by atoms with Crippen LogP contribution in [-0.2, 0) is 17.8 Å². The molecule has 0 amide bonds. The predicted molar refractivity (Wildman–Crippen MR) is 109 cm³/mol. The minimum atomic E-state index is 0.603. The van der Waals surface area contributed by atoms with Crippen molar-refractivity contribution in [2.75, 3.05) is 33.4 Å². The zero-order valence-corrected chi connectivity index (χ0v) is 16.7. The number of likely N-dealkylation sites (tertiary alicyclic amines) is 1. The number of nitrogens with zero attached hydrogens (tertiary/aromatic N) is 6. The van der Waals surface area contributed by atoms with Gasteiger partial charge in [-0.2, -0.15) is 5.10 Å². The number of imidazole rings is 1. The highest BCUT2D eigenvalue weighted by Gasteiger charge is 2.26. The molecule has 3 aromatic rings. The summed E-state index contributed by atoms with van der Waals surface area (Å²) in [6.07, 6.45) is 4.79. The molecule has 1 aliphatic rings. The molecule has 148 valence electrons. The molecule has 0 radical (unpaired) electrons. The zero-order valence-electron chi connectivity index (χ0n) is 16.7. The summed E-state index contributed by atoms with van der Waals surface area (Å²) in [6.45, 7) is 7.84. The lowest BCUT2D eigenvalue weighted by Gasteiger charge is -2.17. The van der Waals surface area contributed by atoms with E-state index in [9.17, 15) is 0 Å². The average Bonchev–Trinajstić information content (AvgIpc) is 3.46. The van der Waals surface area contributed by atoms with Crippen molar-refractivity contribution in [2.24, 2.45) is 5.92 Å². The topological polar surface area (TPSA) is 61.0 Å². The maximum absolute atomic E-state index is 5.23. The second kappa shape index (κ2) is 8.67. The highest BCUT2D eigenvalue weighted by molar-refractivity contribution is 5.75. The molecule has 1 aromatic carbocycles. The van der Waals surface area contributed by atoms with Gasteiger partial charge in [0.1, 0.15) is 12.0 Å². The van der Waals surface area contributed by atoms with Crippen LogP contribution in [0.25, 0.3) is 22.8 Å². The number of methoxy groups -OCH3 is 1. The largest absolute Gasteiger partial charge is 0.383 e. The summed E-state index contributed by atoms with van der Waals surface area (Å²) in [5.41, 5.74) is 3.13. The lowest BCUT2D eigenvalue weighted by atomic mass is 10.1. The molecule has 0 spiro atoms. The summed E-state index contributed by atoms with van der Waals surface area (Å²) in [7, 11) is 1.76. The van der Waals surface area contributed by atoms with Crippen LogP contribution in [0, 0.1) is 5.92 Å². The first-order valence-corrected chi connectivity index (χ1v) is 10.00. The molecule has 7 heteroatoms. The third kappa shape index (κ3) is 3.86. The van der Waals surface area contributed by atoms with E-state index in [1.54, 1.807) is 13.4 Å². The first kappa shape index (κ1) is 18.8. The molecule has 1 fully saturated rings. The number of aromatic nitrogens is 5. The molecule has 0 saturated carbocycles. The quantitative estimate of drug-likeness (QED) is 0.601. The van der Waals surface area contributed by atoms with Crippen molar-refractivity contribution in [3.05, 3.63) is 43.0 Å². The lowest BCUT2D eigenvalue weighted by molar-refractivity contribution is 0.158. The molecule has 1 aliphatic heterocycles. The van der Waals surface area contributed by atoms with Crippen molar-refractivity contribution in [2.45, 2.75) is 26.4 Å². The molecule has 1 atom stereocenters. The van der Waals surface area contributed by atoms with Crippen molar-refractivity contribution in [3.63, 3.8) is 0 Å². The van der Waals surface area contributed by atoms with Gasteiger partial charge in [0, 0.05) is 38.9 Å². The van der Waals surface area contributed by atoms with Gasteiger partial charge in [0.05, 0.1) is 18.6 Å². The Balaban J connectivity index is 1.64. The summed E-state index contributed by atoms with van der Waals surface area (Å²) >= 11 is 0. The fraction of sp³-hybridized carbons (Fsp3) is 0.476. The molecule has 2 aromatic heterocycles. The van der Waals surface area contributed by atoms with Gasteiger partial charge in [-0.1, -0.05) is 30.3 Å². The van der Waals surface area contributed by atoms with E-state index in [0.717, 1.165) is 62.1 Å². The summed E-state index contributed by atoms with van der Waals surface area (Å²) in [5.74, 6) is 1.49. The normalized spacial score (nSPS) is 17.4. The third-order valence-corrected chi connectivity index (χ3v) is 5.45. The molecule has 0 bridgehead atoms. The minimum Gasteiger partial charge on any atom is -0.383 e. The van der Waals surface area contributed by atoms with Crippen LogP contribution >= 0.6 is 0 Å². The van der Waals surface area contributed by atoms with Gasteiger partial charge in [-0.15, -0.1) is 0 Å². The van der Waals surface area contributed by atoms with Crippen molar-refractivity contribution < 1.29 is 4.74 Å². The average molecular weight is 380 g/mol. The van der Waals surface area contributed by atoms with Crippen LogP contribution < -0.4 is 0 Å². The smallest absolute Gasteiger partial charge is 0.177 e. The first-order chi connectivity index (χ1) is 13.8. The van der Waals surface area contributed by atoms with E-state index in [4.69, 9.17) is 9.72 Å². The van der Waals surface area contributed by atoms with Crippen molar-refractivity contribution in [1.29, 1.82) is 0 Å². The number of hydrogen-bond donors (Lipinski definition) is 0. The van der Waals surface area contributed by atoms with Crippen LogP contribution in [0.4, 0.5) is 0 Å². The number of aryl methyl sites for hydroxylation is 1. The van der Waals surface area contributed by atoms with Gasteiger partial charge in [-0.05, 0) is 25.8 Å². The van der Waals surface area contributed by atoms with Crippen LogP contribution in [0.15, 0.2) is 43.0 Å². The van der Waals surface area contributed by atoms with Crippen LogP contribution in [0.1, 0.15) is 13.3 Å². The Kier molecular flexibility index (Phi) is 5.83. The Morgan fingerprint density at radius 2 is 2.04 bits per heavy atom. The predicted octanol–water partition coefficient (Wildman–Crippen LogP) is 2.80. The molecule has 7 nitrogen and oxygen atoms in total. The van der Waals surface area contributed by atoms with E-state index >= 15 is 0 Å². The molecule has 3 heterocycles. The summed E-state index contributed by atoms with van der Waals surface area (Å²) in [4.78, 5) is 11.8. The zero-order chi connectivity index (χ0) is 19.3. The highest BCUT2D eigenvalue weighted by atomic mass is 16.5. The molecule has 4 rings (SSSR count). The maximum Gasteiger partial charge on any atom is 0.177 e. The summed E-state index contributed by atoms with van der Waals surface area (Å²) in [6, 6.07) is 10.3. The fourth-order valence-corrected chi connectivity index (χ4v) is 4.00. The summed E-state index contributed by atoms with van der Waals surface area (Å²) in [5, 5.41) is 4.39. The van der Waals surface area contributed by atoms with Gasteiger partial charge >= 0.3 is 0 Å². The third-order valence-electron chi connectivity index (χ3n) is 5.45. The van der Waals surface area contributed by atoms with Crippen LogP contribution in [0.2, 0.25) is 0 Å². The molecular formula is C21H28N6O. The van der Waals surface area contributed by atoms with Crippen LogP contribution in [0.3, 0.4) is 0 Å². The lowest BCUT2D eigenvalue weighted by Crippen LogP contribution is -2.25. The Morgan fingerprint density at radius 1 is 1.18 bits per heavy atom. The van der Waals surface area contributed by atoms with Gasteiger partial charge in [0.15, 0.2) is 5.82 Å². The minimum absolute atomic E-state index is 0.603. The van der Waals surface area contributed by atoms with E-state index in [0.29, 0.717) is 5.92 Å². The molecule has 1 unspecified atom stereocenters. The molecular weight excluding hydrogens is 352 g/mol. The standard InChI is InChI=1S/C21H28N6O/c1-3-27-21(22-15-24-27)20-19(18-7-5-4-6-8-18)23-16-26(20)14-17-9-10-25(13-17)11-12-28-2/h4-8,15-17H,3,9-14H2,1-2H3. The summed E-state index contributed by atoms with van der Waals surface area (Å²) < 4.78 is 9.44. The molecule has 28 heavy (non-hydrogen) atoms. The number of rotatable bonds is 8. The highest BCUT2D eigenvalue weighted by Crippen LogP contribution is 2.31. The molecule has 1 saturated heterocycles. The second-order valence-corrected chi connectivity index (χ2v) is 7.31. The Labute approximate surface area is 166 Å². The van der Waals surface area contributed by atoms with Crippen molar-refractivity contribution in [3.8, 4) is 22.8 Å². The number of hydrogen-bond acceptors (Lipinski definition) is 5. The Morgan fingerprint density at radius 3 is 2.82 bits per heavy atom. The Hall–Kier alpha value is -2.51. The monoisotopic (exact) mass is 380 g/mol. The van der Waals surface area contributed by atoms with Gasteiger partial charge in [-0.25, -0.2) is 14.6 Å². The number of ether oxygens (including phenoxy) is 1. The van der Waals surface area contributed by atoms with E-state index in [2.05, 4.69) is 38.6 Å². The van der Waals surface area contributed by atoms with Crippen LogP contribution in [-0.4, -0.2) is 62.6 Å². The maximum atomic E-state index is 5.23. The van der Waals surface area contributed by atoms with Gasteiger partial charge in [0.25, 0.3) is 0 Å².